The van der Waals surface area contributed by atoms with Gasteiger partial charge in [-0.25, -0.2) is 0 Å². The number of ether oxygens (including phenoxy) is 3. The van der Waals surface area contributed by atoms with Crippen LogP contribution in [0.3, 0.4) is 0 Å². The van der Waals surface area contributed by atoms with E-state index in [9.17, 15) is 4.79 Å². The number of carbonyl (C=O) groups excluding carboxylic acids is 1. The van der Waals surface area contributed by atoms with Crippen LogP contribution >= 0.6 is 0 Å². The number of aromatic nitrogens is 1. The molecule has 1 aromatic carbocycles. The quantitative estimate of drug-likeness (QED) is 0.870. The Labute approximate surface area is 147 Å². The van der Waals surface area contributed by atoms with Crippen molar-refractivity contribution in [3.63, 3.8) is 0 Å². The average molecular weight is 342 g/mol. The first kappa shape index (κ1) is 17.2. The van der Waals surface area contributed by atoms with E-state index in [2.05, 4.69) is 10.3 Å². The largest absolute Gasteiger partial charge is 0.493 e. The molecule has 1 aromatic heterocycles. The van der Waals surface area contributed by atoms with Crippen LogP contribution in [0.15, 0.2) is 42.7 Å². The Hall–Kier alpha value is -2.60. The maximum absolute atomic E-state index is 12.6. The highest BCUT2D eigenvalue weighted by Crippen LogP contribution is 2.28. The summed E-state index contributed by atoms with van der Waals surface area (Å²) in [5.74, 6) is 1.23. The van der Waals surface area contributed by atoms with Crippen molar-refractivity contribution in [2.24, 2.45) is 5.92 Å². The van der Waals surface area contributed by atoms with E-state index >= 15 is 0 Å². The molecule has 0 radical (unpaired) electrons. The number of rotatable bonds is 6. The summed E-state index contributed by atoms with van der Waals surface area (Å²) in [4.78, 5) is 16.6. The van der Waals surface area contributed by atoms with Gasteiger partial charge < -0.3 is 19.5 Å². The molecular weight excluding hydrogens is 320 g/mol. The van der Waals surface area contributed by atoms with Gasteiger partial charge in [0.2, 0.25) is 0 Å². The summed E-state index contributed by atoms with van der Waals surface area (Å²) < 4.78 is 16.1. The number of hydrogen-bond donors (Lipinski definition) is 1. The molecule has 1 aliphatic heterocycles. The van der Waals surface area contributed by atoms with E-state index in [1.54, 1.807) is 44.8 Å². The van der Waals surface area contributed by atoms with Crippen molar-refractivity contribution in [3.8, 4) is 11.5 Å². The monoisotopic (exact) mass is 342 g/mol. The van der Waals surface area contributed by atoms with Crippen molar-refractivity contribution in [1.82, 2.24) is 10.3 Å². The zero-order valence-corrected chi connectivity index (χ0v) is 14.4. The fraction of sp³-hybridized carbons (Fsp3) is 0.368. The van der Waals surface area contributed by atoms with E-state index in [0.29, 0.717) is 30.3 Å². The molecule has 1 N–H and O–H groups in total. The van der Waals surface area contributed by atoms with Gasteiger partial charge in [0.1, 0.15) is 0 Å². The molecule has 0 saturated carbocycles. The Kier molecular flexibility index (Phi) is 5.50. The molecule has 2 aromatic rings. The fourth-order valence-electron chi connectivity index (χ4n) is 3.01. The average Bonchev–Trinajstić information content (AvgIpc) is 3.08. The fourth-order valence-corrected chi connectivity index (χ4v) is 3.01. The van der Waals surface area contributed by atoms with Crippen molar-refractivity contribution in [3.05, 3.63) is 53.9 Å². The summed E-state index contributed by atoms with van der Waals surface area (Å²) in [5, 5.41) is 3.08. The number of nitrogens with zero attached hydrogens (tertiary/aromatic N) is 1. The molecule has 2 heterocycles. The molecular formula is C19H22N2O4. The third-order valence-electron chi connectivity index (χ3n) is 4.41. The number of amides is 1. The number of pyridine rings is 1. The Morgan fingerprint density at radius 1 is 1.16 bits per heavy atom. The van der Waals surface area contributed by atoms with E-state index < -0.39 is 0 Å². The first-order chi connectivity index (χ1) is 12.2. The zero-order valence-electron chi connectivity index (χ0n) is 14.4. The highest BCUT2D eigenvalue weighted by Gasteiger charge is 2.30. The van der Waals surface area contributed by atoms with E-state index in [-0.39, 0.29) is 17.9 Å². The van der Waals surface area contributed by atoms with Gasteiger partial charge in [0.15, 0.2) is 11.5 Å². The zero-order chi connectivity index (χ0) is 17.6. The molecule has 6 nitrogen and oxygen atoms in total. The normalized spacial score (nSPS) is 19.4. The van der Waals surface area contributed by atoms with Crippen LogP contribution in [-0.2, 0) is 11.2 Å². The van der Waals surface area contributed by atoms with Gasteiger partial charge in [-0.2, -0.15) is 0 Å². The van der Waals surface area contributed by atoms with Crippen molar-refractivity contribution < 1.29 is 19.0 Å². The SMILES string of the molecule is COc1ccc(C(=O)NC2COCC2Cc2ccncc2)cc1OC. The van der Waals surface area contributed by atoms with Crippen LogP contribution in [0.5, 0.6) is 11.5 Å². The van der Waals surface area contributed by atoms with Crippen LogP contribution in [0.25, 0.3) is 0 Å². The molecule has 3 rings (SSSR count). The number of methoxy groups -OCH3 is 2. The van der Waals surface area contributed by atoms with E-state index in [0.717, 1.165) is 6.42 Å². The second-order valence-corrected chi connectivity index (χ2v) is 6.01. The number of hydrogen-bond acceptors (Lipinski definition) is 5. The van der Waals surface area contributed by atoms with Gasteiger partial charge in [0.25, 0.3) is 5.91 Å². The molecule has 1 saturated heterocycles. The molecule has 6 heteroatoms. The van der Waals surface area contributed by atoms with Crippen LogP contribution in [0.1, 0.15) is 15.9 Å². The van der Waals surface area contributed by atoms with Crippen LogP contribution < -0.4 is 14.8 Å². The lowest BCUT2D eigenvalue weighted by Gasteiger charge is -2.19. The number of benzene rings is 1. The molecule has 1 amide bonds. The van der Waals surface area contributed by atoms with Gasteiger partial charge in [0, 0.05) is 23.9 Å². The van der Waals surface area contributed by atoms with Crippen LogP contribution in [0.2, 0.25) is 0 Å². The maximum Gasteiger partial charge on any atom is 0.251 e. The lowest BCUT2D eigenvalue weighted by molar-refractivity contribution is 0.0924. The second kappa shape index (κ2) is 7.98. The molecule has 0 bridgehead atoms. The lowest BCUT2D eigenvalue weighted by atomic mass is 9.95. The Morgan fingerprint density at radius 2 is 1.92 bits per heavy atom. The Morgan fingerprint density at radius 3 is 2.64 bits per heavy atom. The summed E-state index contributed by atoms with van der Waals surface area (Å²) in [6.07, 6.45) is 4.41. The van der Waals surface area contributed by atoms with Crippen molar-refractivity contribution in [2.75, 3.05) is 27.4 Å². The predicted molar refractivity (Wildman–Crippen MR) is 93.1 cm³/mol. The topological polar surface area (TPSA) is 69.7 Å². The summed E-state index contributed by atoms with van der Waals surface area (Å²) in [6, 6.07) is 9.10. The smallest absolute Gasteiger partial charge is 0.251 e. The molecule has 2 unspecified atom stereocenters. The van der Waals surface area contributed by atoms with E-state index in [1.165, 1.54) is 5.56 Å². The molecule has 1 fully saturated rings. The maximum atomic E-state index is 12.6. The van der Waals surface area contributed by atoms with Crippen molar-refractivity contribution in [2.45, 2.75) is 12.5 Å². The summed E-state index contributed by atoms with van der Waals surface area (Å²) in [6.45, 7) is 1.16. The molecule has 132 valence electrons. The summed E-state index contributed by atoms with van der Waals surface area (Å²) in [5.41, 5.74) is 1.73. The minimum atomic E-state index is -0.142. The Balaban J connectivity index is 1.67. The highest BCUT2D eigenvalue weighted by atomic mass is 16.5. The van der Waals surface area contributed by atoms with Gasteiger partial charge in [-0.15, -0.1) is 0 Å². The van der Waals surface area contributed by atoms with Gasteiger partial charge >= 0.3 is 0 Å². The van der Waals surface area contributed by atoms with Gasteiger partial charge in [-0.1, -0.05) is 0 Å². The summed E-state index contributed by atoms with van der Waals surface area (Å²) in [7, 11) is 3.12. The lowest BCUT2D eigenvalue weighted by Crippen LogP contribution is -2.40. The molecule has 25 heavy (non-hydrogen) atoms. The predicted octanol–water partition coefficient (Wildman–Crippen LogP) is 2.09. The minimum Gasteiger partial charge on any atom is -0.493 e. The number of carbonyl (C=O) groups is 1. The molecule has 0 spiro atoms. The van der Waals surface area contributed by atoms with E-state index in [1.807, 2.05) is 12.1 Å². The molecule has 0 aliphatic carbocycles. The van der Waals surface area contributed by atoms with Crippen LogP contribution in [0, 0.1) is 5.92 Å². The van der Waals surface area contributed by atoms with Crippen LogP contribution in [-0.4, -0.2) is 44.4 Å². The minimum absolute atomic E-state index is 0.0197. The standard InChI is InChI=1S/C19H22N2O4/c1-23-17-4-3-14(10-18(17)24-2)19(22)21-16-12-25-11-15(16)9-13-5-7-20-8-6-13/h3-8,10,15-16H,9,11-12H2,1-2H3,(H,21,22). The van der Waals surface area contributed by atoms with Gasteiger partial charge in [-0.3, -0.25) is 9.78 Å². The van der Waals surface area contributed by atoms with Crippen molar-refractivity contribution >= 4 is 5.91 Å². The van der Waals surface area contributed by atoms with Gasteiger partial charge in [0.05, 0.1) is 33.5 Å². The second-order valence-electron chi connectivity index (χ2n) is 6.01. The molecule has 1 aliphatic rings. The first-order valence-corrected chi connectivity index (χ1v) is 8.20. The van der Waals surface area contributed by atoms with Crippen molar-refractivity contribution in [1.29, 1.82) is 0 Å². The third-order valence-corrected chi connectivity index (χ3v) is 4.41. The Bertz CT molecular complexity index is 721. The van der Waals surface area contributed by atoms with E-state index in [4.69, 9.17) is 14.2 Å². The summed E-state index contributed by atoms with van der Waals surface area (Å²) >= 11 is 0. The highest BCUT2D eigenvalue weighted by molar-refractivity contribution is 5.95. The first-order valence-electron chi connectivity index (χ1n) is 8.20. The van der Waals surface area contributed by atoms with Gasteiger partial charge in [-0.05, 0) is 42.3 Å². The molecule has 2 atom stereocenters. The number of nitrogens with one attached hydrogen (secondary N) is 1. The van der Waals surface area contributed by atoms with Crippen LogP contribution in [0.4, 0.5) is 0 Å². The third kappa shape index (κ3) is 4.09.